The quantitative estimate of drug-likeness (QED) is 0.776. The molecule has 0 bridgehead atoms. The lowest BCUT2D eigenvalue weighted by Gasteiger charge is -2.19. The maximum absolute atomic E-state index is 13.0. The fourth-order valence-electron chi connectivity index (χ4n) is 3.06. The van der Waals surface area contributed by atoms with E-state index in [-0.39, 0.29) is 5.78 Å². The maximum Gasteiger partial charge on any atom is 0.186 e. The minimum Gasteiger partial charge on any atom is -0.497 e. The molecule has 0 aromatic heterocycles. The first-order chi connectivity index (χ1) is 10.4. The van der Waals surface area contributed by atoms with Gasteiger partial charge in [-0.05, 0) is 40.1 Å². The average molecular weight is 308 g/mol. The number of benzene rings is 2. The van der Waals surface area contributed by atoms with E-state index >= 15 is 0 Å². The van der Waals surface area contributed by atoms with E-state index in [1.807, 2.05) is 36.4 Å². The summed E-state index contributed by atoms with van der Waals surface area (Å²) in [6.07, 6.45) is 0. The van der Waals surface area contributed by atoms with Crippen LogP contribution in [0.1, 0.15) is 21.5 Å². The van der Waals surface area contributed by atoms with Crippen molar-refractivity contribution in [3.05, 3.63) is 70.4 Å². The zero-order valence-corrected chi connectivity index (χ0v) is 14.4. The topological polar surface area (TPSA) is 26.3 Å². The first kappa shape index (κ1) is 14.8. The van der Waals surface area contributed by atoms with Gasteiger partial charge in [0.2, 0.25) is 0 Å². The van der Waals surface area contributed by atoms with Crippen molar-refractivity contribution >= 4 is 19.4 Å². The molecule has 0 N–H and O–H groups in total. The minimum atomic E-state index is -1.77. The second-order valence-electron chi connectivity index (χ2n) is 6.61. The zero-order chi connectivity index (χ0) is 15.9. The highest BCUT2D eigenvalue weighted by Gasteiger charge is 2.37. The molecular weight excluding hydrogens is 288 g/mol. The predicted molar refractivity (Wildman–Crippen MR) is 93.1 cm³/mol. The normalized spacial score (nSPS) is 14.3. The number of carbonyl (C=O) groups is 1. The van der Waals surface area contributed by atoms with Crippen LogP contribution in [0, 0.1) is 0 Å². The number of ketones is 1. The molecule has 2 aromatic rings. The van der Waals surface area contributed by atoms with Gasteiger partial charge in [-0.2, -0.15) is 0 Å². The van der Waals surface area contributed by atoms with Crippen molar-refractivity contribution in [1.29, 1.82) is 0 Å². The van der Waals surface area contributed by atoms with E-state index in [1.165, 1.54) is 0 Å². The molecule has 0 unspecified atom stereocenters. The van der Waals surface area contributed by atoms with E-state index in [4.69, 9.17) is 4.74 Å². The first-order valence-corrected chi connectivity index (χ1v) is 11.0. The van der Waals surface area contributed by atoms with Gasteiger partial charge in [0.05, 0.1) is 15.2 Å². The predicted octanol–water partition coefficient (Wildman–Crippen LogP) is 4.57. The highest BCUT2D eigenvalue weighted by Crippen LogP contribution is 2.42. The van der Waals surface area contributed by atoms with Gasteiger partial charge in [0.25, 0.3) is 0 Å². The molecule has 0 spiro atoms. The second kappa shape index (κ2) is 5.25. The van der Waals surface area contributed by atoms with Gasteiger partial charge in [-0.25, -0.2) is 0 Å². The molecule has 2 nitrogen and oxygen atoms in total. The van der Waals surface area contributed by atoms with E-state index in [1.54, 1.807) is 7.11 Å². The van der Waals surface area contributed by atoms with Gasteiger partial charge in [0.15, 0.2) is 5.78 Å². The minimum absolute atomic E-state index is 0.190. The van der Waals surface area contributed by atoms with Gasteiger partial charge in [0.1, 0.15) is 5.75 Å². The third kappa shape index (κ3) is 2.31. The van der Waals surface area contributed by atoms with Crippen molar-refractivity contribution in [2.45, 2.75) is 19.6 Å². The highest BCUT2D eigenvalue weighted by molar-refractivity contribution is 6.89. The summed E-state index contributed by atoms with van der Waals surface area (Å²) in [7, 11) is -0.113. The van der Waals surface area contributed by atoms with Crippen molar-refractivity contribution in [2.75, 3.05) is 7.11 Å². The van der Waals surface area contributed by atoms with Crippen LogP contribution >= 0.6 is 0 Å². The Bertz CT molecular complexity index is 768. The van der Waals surface area contributed by atoms with Gasteiger partial charge in [-0.15, -0.1) is 0 Å². The Labute approximate surface area is 132 Å². The van der Waals surface area contributed by atoms with Gasteiger partial charge in [0, 0.05) is 5.56 Å². The molecule has 1 aliphatic rings. The molecule has 2 aromatic carbocycles. The van der Waals surface area contributed by atoms with Crippen molar-refractivity contribution in [1.82, 2.24) is 0 Å². The van der Waals surface area contributed by atoms with Crippen LogP contribution in [-0.4, -0.2) is 21.0 Å². The zero-order valence-electron chi connectivity index (χ0n) is 13.4. The van der Waals surface area contributed by atoms with Crippen molar-refractivity contribution in [3.8, 4) is 5.75 Å². The first-order valence-electron chi connectivity index (χ1n) is 7.47. The molecule has 3 rings (SSSR count). The summed E-state index contributed by atoms with van der Waals surface area (Å²) in [5.41, 5.74) is 4.02. The summed E-state index contributed by atoms with van der Waals surface area (Å²) in [4.78, 5) is 13.0. The summed E-state index contributed by atoms with van der Waals surface area (Å²) in [5.74, 6) is 0.979. The number of ether oxygens (including phenoxy) is 1. The largest absolute Gasteiger partial charge is 0.497 e. The molecule has 112 valence electrons. The lowest BCUT2D eigenvalue weighted by atomic mass is 9.99. The smallest absolute Gasteiger partial charge is 0.186 e. The Morgan fingerprint density at radius 2 is 1.59 bits per heavy atom. The molecular formula is C19H20O2Si. The van der Waals surface area contributed by atoms with Crippen LogP contribution in [0.4, 0.5) is 0 Å². The fraction of sp³-hybridized carbons (Fsp3) is 0.211. The van der Waals surface area contributed by atoms with Crippen molar-refractivity contribution in [2.24, 2.45) is 0 Å². The SMILES string of the molecule is COc1ccc2c(c1)C(c1ccccc1)=C([Si](C)(C)C)C2=O. The van der Waals surface area contributed by atoms with Crippen LogP contribution in [0.15, 0.2) is 53.7 Å². The van der Waals surface area contributed by atoms with Crippen LogP contribution in [0.2, 0.25) is 19.6 Å². The summed E-state index contributed by atoms with van der Waals surface area (Å²) < 4.78 is 5.36. The number of Topliss-reactive ketones (excluding diaryl/α,β-unsaturated/α-hetero) is 1. The van der Waals surface area contributed by atoms with E-state index in [0.717, 1.165) is 33.2 Å². The molecule has 0 saturated carbocycles. The maximum atomic E-state index is 13.0. The molecule has 1 aliphatic carbocycles. The molecule has 0 fully saturated rings. The third-order valence-corrected chi connectivity index (χ3v) is 6.01. The van der Waals surface area contributed by atoms with Gasteiger partial charge < -0.3 is 4.74 Å². The summed E-state index contributed by atoms with van der Waals surface area (Å²) in [5, 5.41) is 1.02. The Kier molecular flexibility index (Phi) is 3.53. The second-order valence-corrected chi connectivity index (χ2v) is 11.6. The number of allylic oxidation sites excluding steroid dienone is 1. The lowest BCUT2D eigenvalue weighted by molar-refractivity contribution is 0.104. The molecule has 0 amide bonds. The average Bonchev–Trinajstić information content (AvgIpc) is 2.80. The molecule has 0 atom stereocenters. The van der Waals surface area contributed by atoms with E-state index < -0.39 is 8.07 Å². The van der Waals surface area contributed by atoms with Crippen molar-refractivity contribution in [3.63, 3.8) is 0 Å². The van der Waals surface area contributed by atoms with E-state index in [2.05, 4.69) is 31.8 Å². The number of fused-ring (bicyclic) bond motifs is 1. The Morgan fingerprint density at radius 1 is 0.909 bits per heavy atom. The van der Waals surface area contributed by atoms with Crippen LogP contribution < -0.4 is 4.74 Å². The highest BCUT2D eigenvalue weighted by atomic mass is 28.3. The number of rotatable bonds is 3. The van der Waals surface area contributed by atoms with Crippen LogP contribution in [-0.2, 0) is 0 Å². The summed E-state index contributed by atoms with van der Waals surface area (Å²) in [6, 6.07) is 16.0. The van der Waals surface area contributed by atoms with Gasteiger partial charge >= 0.3 is 0 Å². The molecule has 3 heteroatoms. The third-order valence-electron chi connectivity index (χ3n) is 4.03. The van der Waals surface area contributed by atoms with Crippen LogP contribution in [0.5, 0.6) is 5.75 Å². The van der Waals surface area contributed by atoms with E-state index in [0.29, 0.717) is 0 Å². The Hall–Kier alpha value is -2.13. The summed E-state index contributed by atoms with van der Waals surface area (Å²) in [6.45, 7) is 6.69. The molecule has 22 heavy (non-hydrogen) atoms. The monoisotopic (exact) mass is 308 g/mol. The fourth-order valence-corrected chi connectivity index (χ4v) is 4.90. The lowest BCUT2D eigenvalue weighted by Crippen LogP contribution is -2.28. The van der Waals surface area contributed by atoms with Gasteiger partial charge in [-0.3, -0.25) is 4.79 Å². The Balaban J connectivity index is 2.33. The standard InChI is InChI=1S/C19H20O2Si/c1-21-14-10-11-15-16(12-14)17(13-8-6-5-7-9-13)19(18(15)20)22(2,3)4/h5-12H,1-4H3. The molecule has 0 heterocycles. The number of methoxy groups -OCH3 is 1. The van der Waals surface area contributed by atoms with E-state index in [9.17, 15) is 4.79 Å². The van der Waals surface area contributed by atoms with Crippen LogP contribution in [0.25, 0.3) is 5.57 Å². The number of carbonyl (C=O) groups excluding carboxylic acids is 1. The number of hydrogen-bond acceptors (Lipinski definition) is 2. The molecule has 0 saturated heterocycles. The summed E-state index contributed by atoms with van der Waals surface area (Å²) >= 11 is 0. The Morgan fingerprint density at radius 3 is 2.18 bits per heavy atom. The van der Waals surface area contributed by atoms with Gasteiger partial charge in [-0.1, -0.05) is 50.0 Å². The molecule has 0 aliphatic heterocycles. The molecule has 0 radical (unpaired) electrons. The van der Waals surface area contributed by atoms with Crippen LogP contribution in [0.3, 0.4) is 0 Å². The number of hydrogen-bond donors (Lipinski definition) is 0. The van der Waals surface area contributed by atoms with Crippen molar-refractivity contribution < 1.29 is 9.53 Å².